The van der Waals surface area contributed by atoms with E-state index in [1.54, 1.807) is 19.9 Å². The van der Waals surface area contributed by atoms with Crippen molar-refractivity contribution in [2.45, 2.75) is 68.7 Å². The molecule has 3 aliphatic rings. The van der Waals surface area contributed by atoms with Gasteiger partial charge < -0.3 is 14.8 Å². The summed E-state index contributed by atoms with van der Waals surface area (Å²) in [4.78, 5) is 24.5. The minimum atomic E-state index is -4.60. The Bertz CT molecular complexity index is 2080. The van der Waals surface area contributed by atoms with E-state index in [9.17, 15) is 26.4 Å². The molecule has 1 aliphatic carbocycles. The molecule has 1 amide bonds. The van der Waals surface area contributed by atoms with Gasteiger partial charge in [-0.05, 0) is 69.5 Å². The number of hydrogen-bond acceptors (Lipinski definition) is 8. The van der Waals surface area contributed by atoms with Crippen molar-refractivity contribution in [2.75, 3.05) is 51.8 Å². The van der Waals surface area contributed by atoms with Crippen LogP contribution in [0.15, 0.2) is 71.6 Å². The van der Waals surface area contributed by atoms with E-state index in [-0.39, 0.29) is 51.9 Å². The van der Waals surface area contributed by atoms with Crippen molar-refractivity contribution in [1.82, 2.24) is 20.1 Å². The van der Waals surface area contributed by atoms with Gasteiger partial charge >= 0.3 is 6.18 Å². The molecule has 3 fully saturated rings. The first kappa shape index (κ1) is 37.3. The summed E-state index contributed by atoms with van der Waals surface area (Å²) in [5.74, 6) is -0.552. The van der Waals surface area contributed by atoms with Crippen LogP contribution in [0, 0.1) is 0 Å². The second-order valence-corrected chi connectivity index (χ2v) is 16.3. The number of piperidine rings is 1. The Balaban J connectivity index is 1.41. The lowest BCUT2D eigenvalue weighted by molar-refractivity contribution is -0.137. The smallest absolute Gasteiger partial charge is 0.416 e. The molecule has 1 saturated carbocycles. The van der Waals surface area contributed by atoms with Gasteiger partial charge in [0, 0.05) is 48.3 Å². The maximum atomic E-state index is 14.9. The molecule has 7 rings (SSSR count). The molecule has 1 N–H and O–H groups in total. The number of sulfone groups is 1. The van der Waals surface area contributed by atoms with Crippen molar-refractivity contribution in [2.24, 2.45) is 0 Å². The number of morpholine rings is 1. The van der Waals surface area contributed by atoms with Crippen LogP contribution in [-0.2, 0) is 32.8 Å². The molecule has 0 unspecified atom stereocenters. The van der Waals surface area contributed by atoms with Gasteiger partial charge in [0.05, 0.1) is 53.4 Å². The van der Waals surface area contributed by atoms with Crippen LogP contribution in [0.2, 0.25) is 0 Å². The van der Waals surface area contributed by atoms with Gasteiger partial charge in [-0.2, -0.15) is 13.2 Å². The van der Waals surface area contributed by atoms with Crippen molar-refractivity contribution < 1.29 is 35.9 Å². The second kappa shape index (κ2) is 15.0. The molecule has 0 atom stereocenters. The van der Waals surface area contributed by atoms with Crippen molar-refractivity contribution in [3.63, 3.8) is 0 Å². The number of halogens is 3. The standard InChI is InChI=1S/C40H45F3N4O5S/c1-3-52-34-25-33-31(24-35(34)53(49,50)4-2)36(38(48)45-39(15-16-39)28-10-6-5-7-11-28)32(37(44-33)27-9-8-12-29(23-27)40(41,42)43)26-46-17-13-30(14-18-46)47-19-21-51-22-20-47/h5-12,23-25,30H,3-4,13-22,26H2,1-2H3,(H,45,48). The number of carbonyl (C=O) groups is 1. The summed E-state index contributed by atoms with van der Waals surface area (Å²) in [5.41, 5.74) is 0.846. The van der Waals surface area contributed by atoms with Gasteiger partial charge in [0.1, 0.15) is 10.6 Å². The van der Waals surface area contributed by atoms with Crippen LogP contribution in [0.5, 0.6) is 5.75 Å². The lowest BCUT2D eigenvalue weighted by atomic mass is 9.93. The predicted octanol–water partition coefficient (Wildman–Crippen LogP) is 6.83. The van der Waals surface area contributed by atoms with Crippen LogP contribution < -0.4 is 10.1 Å². The Kier molecular flexibility index (Phi) is 10.6. The summed E-state index contributed by atoms with van der Waals surface area (Å²) in [6.45, 7) is 8.24. The lowest BCUT2D eigenvalue weighted by Gasteiger charge is -2.40. The van der Waals surface area contributed by atoms with Gasteiger partial charge in [0.2, 0.25) is 0 Å². The maximum Gasteiger partial charge on any atom is 0.416 e. The van der Waals surface area contributed by atoms with Crippen LogP contribution in [0.25, 0.3) is 22.2 Å². The number of benzene rings is 3. The Morgan fingerprint density at radius 1 is 0.981 bits per heavy atom. The zero-order valence-electron chi connectivity index (χ0n) is 30.0. The third-order valence-corrected chi connectivity index (χ3v) is 12.5. The minimum Gasteiger partial charge on any atom is -0.492 e. The number of nitrogens with zero attached hydrogens (tertiary/aromatic N) is 3. The molecule has 1 aromatic heterocycles. The fraction of sp³-hybridized carbons (Fsp3) is 0.450. The number of rotatable bonds is 11. The highest BCUT2D eigenvalue weighted by atomic mass is 32.2. The molecule has 282 valence electrons. The van der Waals surface area contributed by atoms with Gasteiger partial charge in [0.25, 0.3) is 5.91 Å². The zero-order valence-corrected chi connectivity index (χ0v) is 30.9. The fourth-order valence-electron chi connectivity index (χ4n) is 7.73. The average molecular weight is 751 g/mol. The molecule has 3 aromatic carbocycles. The molecule has 4 aromatic rings. The van der Waals surface area contributed by atoms with E-state index in [1.165, 1.54) is 18.2 Å². The minimum absolute atomic E-state index is 0.0570. The highest BCUT2D eigenvalue weighted by molar-refractivity contribution is 7.91. The summed E-state index contributed by atoms with van der Waals surface area (Å²) < 4.78 is 80.7. The number of carbonyl (C=O) groups excluding carboxylic acids is 1. The highest BCUT2D eigenvalue weighted by Gasteiger charge is 2.46. The largest absolute Gasteiger partial charge is 0.492 e. The molecule has 9 nitrogen and oxygen atoms in total. The summed E-state index contributed by atoms with van der Waals surface area (Å²) in [6.07, 6.45) is -1.42. The van der Waals surface area contributed by atoms with Gasteiger partial charge in [-0.15, -0.1) is 0 Å². The van der Waals surface area contributed by atoms with E-state index in [1.807, 2.05) is 30.3 Å². The number of hydrogen-bond donors (Lipinski definition) is 1. The fourth-order valence-corrected chi connectivity index (χ4v) is 8.76. The third kappa shape index (κ3) is 7.80. The van der Waals surface area contributed by atoms with Crippen LogP contribution in [-0.4, -0.2) is 86.9 Å². The summed E-state index contributed by atoms with van der Waals surface area (Å²) in [7, 11) is -3.83. The summed E-state index contributed by atoms with van der Waals surface area (Å²) in [5, 5.41) is 3.58. The monoisotopic (exact) mass is 750 g/mol. The van der Waals surface area contributed by atoms with Crippen LogP contribution >= 0.6 is 0 Å². The first-order valence-corrected chi connectivity index (χ1v) is 20.0. The Labute approximate surface area is 308 Å². The Hall–Kier alpha value is -4.04. The van der Waals surface area contributed by atoms with Gasteiger partial charge in [0.15, 0.2) is 9.84 Å². The second-order valence-electron chi connectivity index (χ2n) is 14.1. The molecular formula is C40H45F3N4O5S. The first-order chi connectivity index (χ1) is 25.4. The van der Waals surface area contributed by atoms with Gasteiger partial charge in [-0.1, -0.05) is 49.4 Å². The molecule has 2 saturated heterocycles. The normalized spacial score (nSPS) is 18.6. The lowest BCUT2D eigenvalue weighted by Crippen LogP contribution is -2.48. The first-order valence-electron chi connectivity index (χ1n) is 18.4. The molecule has 3 heterocycles. The Morgan fingerprint density at radius 3 is 2.34 bits per heavy atom. The average Bonchev–Trinajstić information content (AvgIpc) is 3.95. The zero-order chi connectivity index (χ0) is 37.4. The quantitative estimate of drug-likeness (QED) is 0.178. The van der Waals surface area contributed by atoms with E-state index in [4.69, 9.17) is 14.5 Å². The van der Waals surface area contributed by atoms with Crippen molar-refractivity contribution in [1.29, 1.82) is 0 Å². The van der Waals surface area contributed by atoms with Crippen LogP contribution in [0.4, 0.5) is 13.2 Å². The van der Waals surface area contributed by atoms with Gasteiger partial charge in [-0.25, -0.2) is 13.4 Å². The molecule has 0 spiro atoms. The molecule has 0 bridgehead atoms. The number of pyridine rings is 1. The maximum absolute atomic E-state index is 14.9. The SMILES string of the molecule is CCOc1cc2nc(-c3cccc(C(F)(F)F)c3)c(CN3CCC(N4CCOCC4)CC3)c(C(=O)NC3(c4ccccc4)CC3)c2cc1S(=O)(=O)CC. The third-order valence-electron chi connectivity index (χ3n) is 10.8. The highest BCUT2D eigenvalue weighted by Crippen LogP contribution is 2.46. The van der Waals surface area contributed by atoms with E-state index in [0.29, 0.717) is 56.1 Å². The molecule has 0 radical (unpaired) electrons. The predicted molar refractivity (Wildman–Crippen MR) is 197 cm³/mol. The number of ether oxygens (including phenoxy) is 2. The van der Waals surface area contributed by atoms with E-state index < -0.39 is 33.0 Å². The molecular weight excluding hydrogens is 706 g/mol. The summed E-state index contributed by atoms with van der Waals surface area (Å²) >= 11 is 0. The molecule has 13 heteroatoms. The molecule has 2 aliphatic heterocycles. The summed E-state index contributed by atoms with van der Waals surface area (Å²) in [6, 6.07) is 18.0. The van der Waals surface area contributed by atoms with Crippen molar-refractivity contribution in [3.05, 3.63) is 89.0 Å². The van der Waals surface area contributed by atoms with Gasteiger partial charge in [-0.3, -0.25) is 14.6 Å². The number of amides is 1. The number of alkyl halides is 3. The van der Waals surface area contributed by atoms with Crippen molar-refractivity contribution in [3.8, 4) is 17.0 Å². The number of likely N-dealkylation sites (tertiary alicyclic amines) is 1. The van der Waals surface area contributed by atoms with E-state index >= 15 is 0 Å². The molecule has 53 heavy (non-hydrogen) atoms. The number of aromatic nitrogens is 1. The topological polar surface area (TPSA) is 101 Å². The number of fused-ring (bicyclic) bond motifs is 1. The van der Waals surface area contributed by atoms with Crippen LogP contribution in [0.3, 0.4) is 0 Å². The van der Waals surface area contributed by atoms with E-state index in [2.05, 4.69) is 15.1 Å². The van der Waals surface area contributed by atoms with Crippen molar-refractivity contribution >= 4 is 26.6 Å². The Morgan fingerprint density at radius 2 is 1.70 bits per heavy atom. The number of nitrogens with one attached hydrogen (secondary N) is 1. The van der Waals surface area contributed by atoms with Crippen LogP contribution in [0.1, 0.15) is 66.6 Å². The van der Waals surface area contributed by atoms with E-state index in [0.717, 1.165) is 43.6 Å².